The van der Waals surface area contributed by atoms with E-state index >= 15 is 0 Å². The number of anilines is 1. The van der Waals surface area contributed by atoms with Crippen molar-refractivity contribution in [2.75, 3.05) is 32.1 Å². The number of nitrogens with one attached hydrogen (secondary N) is 1. The van der Waals surface area contributed by atoms with Crippen molar-refractivity contribution in [3.63, 3.8) is 0 Å². The first-order valence-electron chi connectivity index (χ1n) is 10.7. The summed E-state index contributed by atoms with van der Waals surface area (Å²) >= 11 is 0. The van der Waals surface area contributed by atoms with Crippen LogP contribution in [0.3, 0.4) is 0 Å². The molecule has 1 aliphatic heterocycles. The third-order valence-corrected chi connectivity index (χ3v) is 7.25. The van der Waals surface area contributed by atoms with Gasteiger partial charge in [0.25, 0.3) is 11.6 Å². The molecule has 1 fully saturated rings. The fraction of sp³-hybridized carbons (Fsp3) is 0.409. The van der Waals surface area contributed by atoms with Gasteiger partial charge in [-0.1, -0.05) is 12.8 Å². The summed E-state index contributed by atoms with van der Waals surface area (Å²) in [6, 6.07) is 8.15. The number of ether oxygens (including phenoxy) is 2. The lowest BCUT2D eigenvalue weighted by Crippen LogP contribution is -2.31. The Hall–Kier alpha value is -3.18. The van der Waals surface area contributed by atoms with E-state index in [1.807, 2.05) is 0 Å². The van der Waals surface area contributed by atoms with E-state index in [9.17, 15) is 23.3 Å². The molecule has 178 valence electrons. The lowest BCUT2D eigenvalue weighted by molar-refractivity contribution is -0.385. The minimum atomic E-state index is -3.62. The number of methoxy groups -OCH3 is 1. The Morgan fingerprint density at radius 3 is 2.27 bits per heavy atom. The molecule has 1 heterocycles. The van der Waals surface area contributed by atoms with Gasteiger partial charge in [-0.25, -0.2) is 8.42 Å². The molecule has 33 heavy (non-hydrogen) atoms. The molecule has 0 spiro atoms. The molecule has 1 N–H and O–H groups in total. The van der Waals surface area contributed by atoms with Gasteiger partial charge in [-0.2, -0.15) is 4.31 Å². The molecule has 0 aromatic heterocycles. The first-order chi connectivity index (χ1) is 15.8. The predicted molar refractivity (Wildman–Crippen MR) is 122 cm³/mol. The number of carbonyl (C=O) groups excluding carboxylic acids is 1. The number of hydrogen-bond donors (Lipinski definition) is 1. The lowest BCUT2D eigenvalue weighted by Gasteiger charge is -2.20. The molecule has 0 aliphatic carbocycles. The zero-order chi connectivity index (χ0) is 24.0. The average molecular weight is 478 g/mol. The fourth-order valence-corrected chi connectivity index (χ4v) is 5.17. The number of hydrogen-bond acceptors (Lipinski definition) is 7. The molecule has 10 nitrogen and oxygen atoms in total. The number of nitro benzene ring substituents is 1. The zero-order valence-electron chi connectivity index (χ0n) is 18.6. The number of carbonyl (C=O) groups is 1. The number of benzene rings is 2. The largest absolute Gasteiger partial charge is 0.493 e. The summed E-state index contributed by atoms with van der Waals surface area (Å²) in [4.78, 5) is 23.8. The molecule has 3 rings (SSSR count). The van der Waals surface area contributed by atoms with E-state index in [2.05, 4.69) is 5.32 Å². The van der Waals surface area contributed by atoms with Crippen molar-refractivity contribution in [3.05, 3.63) is 52.1 Å². The average Bonchev–Trinajstić information content (AvgIpc) is 3.09. The van der Waals surface area contributed by atoms with Crippen LogP contribution in [0, 0.1) is 10.1 Å². The molecule has 0 saturated carbocycles. The smallest absolute Gasteiger partial charge is 0.286 e. The van der Waals surface area contributed by atoms with Gasteiger partial charge in [0.2, 0.25) is 10.0 Å². The fourth-order valence-electron chi connectivity index (χ4n) is 3.65. The SMILES string of the molecule is CCOc1cc(C(=O)Nc2ccc(S(=O)(=O)N3CCCCCC3)cc2)c([N+](=O)[O-])cc1OC. The normalized spacial score (nSPS) is 14.8. The molecule has 0 unspecified atom stereocenters. The van der Waals surface area contributed by atoms with Crippen molar-refractivity contribution < 1.29 is 27.6 Å². The Balaban J connectivity index is 1.83. The van der Waals surface area contributed by atoms with Crippen LogP contribution in [0.25, 0.3) is 0 Å². The second-order valence-electron chi connectivity index (χ2n) is 7.51. The summed E-state index contributed by atoms with van der Waals surface area (Å²) in [6.07, 6.45) is 3.69. The summed E-state index contributed by atoms with van der Waals surface area (Å²) in [7, 11) is -2.27. The maximum Gasteiger partial charge on any atom is 0.286 e. The van der Waals surface area contributed by atoms with Crippen molar-refractivity contribution in [3.8, 4) is 11.5 Å². The third kappa shape index (κ3) is 5.60. The summed E-state index contributed by atoms with van der Waals surface area (Å²) in [5.74, 6) is -0.383. The Morgan fingerprint density at radius 1 is 1.09 bits per heavy atom. The van der Waals surface area contributed by atoms with Crippen molar-refractivity contribution in [1.82, 2.24) is 4.31 Å². The molecule has 1 amide bonds. The minimum Gasteiger partial charge on any atom is -0.493 e. The molecular weight excluding hydrogens is 450 g/mol. The first kappa shape index (κ1) is 24.5. The van der Waals surface area contributed by atoms with E-state index in [4.69, 9.17) is 9.47 Å². The summed E-state index contributed by atoms with van der Waals surface area (Å²) in [5, 5.41) is 14.1. The number of sulfonamides is 1. The Labute approximate surface area is 192 Å². The van der Waals surface area contributed by atoms with Gasteiger partial charge in [0.15, 0.2) is 11.5 Å². The third-order valence-electron chi connectivity index (χ3n) is 5.34. The second kappa shape index (κ2) is 10.6. The molecule has 0 bridgehead atoms. The maximum absolute atomic E-state index is 12.9. The standard InChI is InChI=1S/C22H27N3O7S/c1-3-32-21-14-18(19(25(27)28)15-20(21)31-2)22(26)23-16-8-10-17(11-9-16)33(29,30)24-12-6-4-5-7-13-24/h8-11,14-15H,3-7,12-13H2,1-2H3,(H,23,26). The summed E-state index contributed by atoms with van der Waals surface area (Å²) in [6.45, 7) is 3.00. The number of amides is 1. The highest BCUT2D eigenvalue weighted by molar-refractivity contribution is 7.89. The molecule has 1 saturated heterocycles. The van der Waals surface area contributed by atoms with Gasteiger partial charge in [0, 0.05) is 24.8 Å². The van der Waals surface area contributed by atoms with Gasteiger partial charge in [0.05, 0.1) is 29.6 Å². The lowest BCUT2D eigenvalue weighted by atomic mass is 10.1. The van der Waals surface area contributed by atoms with Crippen LogP contribution < -0.4 is 14.8 Å². The molecule has 0 atom stereocenters. The topological polar surface area (TPSA) is 128 Å². The number of nitrogens with zero attached hydrogens (tertiary/aromatic N) is 2. The first-order valence-corrected chi connectivity index (χ1v) is 12.1. The molecule has 0 radical (unpaired) electrons. The second-order valence-corrected chi connectivity index (χ2v) is 9.45. The highest BCUT2D eigenvalue weighted by Crippen LogP contribution is 2.35. The van der Waals surface area contributed by atoms with Crippen LogP contribution in [-0.4, -0.2) is 50.4 Å². The van der Waals surface area contributed by atoms with Crippen molar-refractivity contribution >= 4 is 27.3 Å². The maximum atomic E-state index is 12.9. The summed E-state index contributed by atoms with van der Waals surface area (Å²) < 4.78 is 37.9. The molecule has 2 aromatic rings. The Morgan fingerprint density at radius 2 is 1.73 bits per heavy atom. The molecular formula is C22H27N3O7S. The quantitative estimate of drug-likeness (QED) is 0.452. The van der Waals surface area contributed by atoms with E-state index in [1.54, 1.807) is 6.92 Å². The molecule has 2 aromatic carbocycles. The highest BCUT2D eigenvalue weighted by atomic mass is 32.2. The van der Waals surface area contributed by atoms with E-state index in [0.29, 0.717) is 18.8 Å². The zero-order valence-corrected chi connectivity index (χ0v) is 19.4. The Kier molecular flexibility index (Phi) is 7.88. The highest BCUT2D eigenvalue weighted by Gasteiger charge is 2.27. The van der Waals surface area contributed by atoms with Gasteiger partial charge < -0.3 is 14.8 Å². The van der Waals surface area contributed by atoms with E-state index in [-0.39, 0.29) is 28.6 Å². The number of rotatable bonds is 8. The van der Waals surface area contributed by atoms with Crippen LogP contribution in [0.2, 0.25) is 0 Å². The van der Waals surface area contributed by atoms with Crippen LogP contribution in [0.1, 0.15) is 43.0 Å². The van der Waals surface area contributed by atoms with Crippen molar-refractivity contribution in [1.29, 1.82) is 0 Å². The summed E-state index contributed by atoms with van der Waals surface area (Å²) in [5.41, 5.74) is -0.337. The number of nitro groups is 1. The van der Waals surface area contributed by atoms with Crippen molar-refractivity contribution in [2.45, 2.75) is 37.5 Å². The molecule has 1 aliphatic rings. The Bertz CT molecular complexity index is 1110. The van der Waals surface area contributed by atoms with Crippen LogP contribution in [0.15, 0.2) is 41.3 Å². The monoisotopic (exact) mass is 477 g/mol. The predicted octanol–water partition coefficient (Wildman–Crippen LogP) is 3.82. The van der Waals surface area contributed by atoms with E-state index in [0.717, 1.165) is 31.7 Å². The van der Waals surface area contributed by atoms with Gasteiger partial charge in [-0.3, -0.25) is 14.9 Å². The van der Waals surface area contributed by atoms with E-state index in [1.165, 1.54) is 41.7 Å². The van der Waals surface area contributed by atoms with Crippen LogP contribution in [0.4, 0.5) is 11.4 Å². The van der Waals surface area contributed by atoms with Gasteiger partial charge in [0.1, 0.15) is 5.56 Å². The van der Waals surface area contributed by atoms with E-state index < -0.39 is 26.5 Å². The minimum absolute atomic E-state index is 0.136. The van der Waals surface area contributed by atoms with Crippen LogP contribution in [-0.2, 0) is 10.0 Å². The molecule has 11 heteroatoms. The van der Waals surface area contributed by atoms with Gasteiger partial charge in [-0.15, -0.1) is 0 Å². The van der Waals surface area contributed by atoms with Crippen molar-refractivity contribution in [2.24, 2.45) is 0 Å². The van der Waals surface area contributed by atoms with Crippen LogP contribution >= 0.6 is 0 Å². The van der Waals surface area contributed by atoms with Gasteiger partial charge >= 0.3 is 0 Å². The van der Waals surface area contributed by atoms with Crippen LogP contribution in [0.5, 0.6) is 11.5 Å². The van der Waals surface area contributed by atoms with Gasteiger partial charge in [-0.05, 0) is 44.0 Å².